The summed E-state index contributed by atoms with van der Waals surface area (Å²) in [5.74, 6) is 0. The van der Waals surface area contributed by atoms with Crippen LogP contribution in [-0.2, 0) is 0 Å². The average molecular weight is 273 g/mol. The van der Waals surface area contributed by atoms with Gasteiger partial charge in [0.15, 0.2) is 0 Å². The van der Waals surface area contributed by atoms with Crippen molar-refractivity contribution in [3.05, 3.63) is 29.3 Å². The molecule has 1 aromatic rings. The van der Waals surface area contributed by atoms with Crippen LogP contribution < -0.4 is 5.73 Å². The average Bonchev–Trinajstić information content (AvgIpc) is 2.48. The Morgan fingerprint density at radius 2 is 2.00 bits per heavy atom. The second kappa shape index (κ2) is 6.78. The van der Waals surface area contributed by atoms with Crippen molar-refractivity contribution >= 4 is 11.4 Å². The summed E-state index contributed by atoms with van der Waals surface area (Å²) in [6.45, 7) is 7.31. The van der Waals surface area contributed by atoms with E-state index in [9.17, 15) is 0 Å². The molecule has 1 aliphatic carbocycles. The molecular formula is C17H27N3. The van der Waals surface area contributed by atoms with E-state index >= 15 is 0 Å². The number of nitrogen functional groups attached to an aromatic ring is 1. The fraction of sp³-hybridized carbons (Fsp3) is 0.588. The van der Waals surface area contributed by atoms with Gasteiger partial charge in [0.05, 0.1) is 5.71 Å². The van der Waals surface area contributed by atoms with Crippen LogP contribution in [0.25, 0.3) is 0 Å². The van der Waals surface area contributed by atoms with Crippen molar-refractivity contribution in [3.63, 3.8) is 0 Å². The molecule has 0 radical (unpaired) electrons. The summed E-state index contributed by atoms with van der Waals surface area (Å²) in [6.07, 6.45) is 6.59. The van der Waals surface area contributed by atoms with Crippen LogP contribution in [-0.4, -0.2) is 23.3 Å². The highest BCUT2D eigenvalue weighted by Gasteiger charge is 2.19. The number of nitrogens with zero attached hydrogens (tertiary/aromatic N) is 2. The molecule has 2 rings (SSSR count). The third-order valence-corrected chi connectivity index (χ3v) is 4.20. The van der Waals surface area contributed by atoms with Gasteiger partial charge in [-0.15, -0.1) is 0 Å². The van der Waals surface area contributed by atoms with E-state index in [-0.39, 0.29) is 0 Å². The summed E-state index contributed by atoms with van der Waals surface area (Å²) in [6, 6.07) is 6.75. The van der Waals surface area contributed by atoms with Crippen LogP contribution >= 0.6 is 0 Å². The lowest BCUT2D eigenvalue weighted by molar-refractivity contribution is 0.170. The van der Waals surface area contributed by atoms with Crippen LogP contribution in [0.3, 0.4) is 0 Å². The molecule has 1 saturated carbocycles. The monoisotopic (exact) mass is 273 g/mol. The lowest BCUT2D eigenvalue weighted by Gasteiger charge is -2.31. The Morgan fingerprint density at radius 3 is 2.65 bits per heavy atom. The molecule has 2 N–H and O–H groups in total. The first-order valence-corrected chi connectivity index (χ1v) is 7.80. The van der Waals surface area contributed by atoms with Crippen LogP contribution in [0.5, 0.6) is 0 Å². The molecule has 0 bridgehead atoms. The molecule has 0 atom stereocenters. The van der Waals surface area contributed by atoms with Crippen LogP contribution in [0.1, 0.15) is 57.1 Å². The fourth-order valence-electron chi connectivity index (χ4n) is 3.02. The van der Waals surface area contributed by atoms with E-state index < -0.39 is 0 Å². The minimum atomic E-state index is 0.606. The number of nitrogens with two attached hydrogens (primary N) is 1. The molecular weight excluding hydrogens is 246 g/mol. The third-order valence-electron chi connectivity index (χ3n) is 4.20. The topological polar surface area (TPSA) is 41.6 Å². The lowest BCUT2D eigenvalue weighted by atomic mass is 9.95. The Hall–Kier alpha value is -1.51. The Balaban J connectivity index is 2.20. The van der Waals surface area contributed by atoms with Crippen LogP contribution in [0, 0.1) is 6.92 Å². The minimum Gasteiger partial charge on any atom is -0.398 e. The molecule has 0 aromatic heterocycles. The summed E-state index contributed by atoms with van der Waals surface area (Å²) < 4.78 is 0. The van der Waals surface area contributed by atoms with Crippen molar-refractivity contribution in [1.82, 2.24) is 5.01 Å². The fourth-order valence-corrected chi connectivity index (χ4v) is 3.02. The summed E-state index contributed by atoms with van der Waals surface area (Å²) in [5.41, 5.74) is 10.2. The maximum atomic E-state index is 6.09. The molecule has 1 fully saturated rings. The lowest BCUT2D eigenvalue weighted by Crippen LogP contribution is -2.33. The summed E-state index contributed by atoms with van der Waals surface area (Å²) in [7, 11) is 0. The van der Waals surface area contributed by atoms with E-state index in [0.717, 1.165) is 23.5 Å². The minimum absolute atomic E-state index is 0.606. The molecule has 20 heavy (non-hydrogen) atoms. The van der Waals surface area contributed by atoms with Crippen LogP contribution in [0.15, 0.2) is 23.3 Å². The highest BCUT2D eigenvalue weighted by atomic mass is 15.5. The van der Waals surface area contributed by atoms with Gasteiger partial charge in [0.2, 0.25) is 0 Å². The van der Waals surface area contributed by atoms with E-state index in [1.165, 1.54) is 37.7 Å². The summed E-state index contributed by atoms with van der Waals surface area (Å²) >= 11 is 0. The van der Waals surface area contributed by atoms with Crippen molar-refractivity contribution in [3.8, 4) is 0 Å². The first-order chi connectivity index (χ1) is 9.61. The van der Waals surface area contributed by atoms with Gasteiger partial charge in [0, 0.05) is 23.8 Å². The second-order valence-corrected chi connectivity index (χ2v) is 5.82. The number of anilines is 1. The SMILES string of the molecule is CCN(/N=C(\C)c1cc(C)ccc1N)C1CCCCC1. The predicted molar refractivity (Wildman–Crippen MR) is 87.1 cm³/mol. The van der Waals surface area contributed by atoms with Gasteiger partial charge in [-0.2, -0.15) is 5.10 Å². The van der Waals surface area contributed by atoms with Crippen LogP contribution in [0.4, 0.5) is 5.69 Å². The zero-order valence-electron chi connectivity index (χ0n) is 13.0. The molecule has 0 saturated heterocycles. The molecule has 3 nitrogen and oxygen atoms in total. The standard InChI is InChI=1S/C17H27N3/c1-4-20(15-8-6-5-7-9-15)19-14(3)16-12-13(2)10-11-17(16)18/h10-12,15H,4-9,18H2,1-3H3/b19-14+. The van der Waals surface area contributed by atoms with E-state index in [1.54, 1.807) is 0 Å². The van der Waals surface area contributed by atoms with Crippen molar-refractivity contribution in [2.24, 2.45) is 5.10 Å². The van der Waals surface area contributed by atoms with Crippen LogP contribution in [0.2, 0.25) is 0 Å². The molecule has 1 aliphatic rings. The number of hydrogen-bond acceptors (Lipinski definition) is 3. The van der Waals surface area contributed by atoms with Crippen molar-refractivity contribution < 1.29 is 0 Å². The molecule has 0 unspecified atom stereocenters. The van der Waals surface area contributed by atoms with Gasteiger partial charge >= 0.3 is 0 Å². The third kappa shape index (κ3) is 3.53. The number of aryl methyl sites for hydroxylation is 1. The summed E-state index contributed by atoms with van der Waals surface area (Å²) in [4.78, 5) is 0. The smallest absolute Gasteiger partial charge is 0.0667 e. The highest BCUT2D eigenvalue weighted by Crippen LogP contribution is 2.23. The van der Waals surface area contributed by atoms with Gasteiger partial charge in [0.1, 0.15) is 0 Å². The molecule has 110 valence electrons. The van der Waals surface area contributed by atoms with Gasteiger partial charge in [-0.3, -0.25) is 5.01 Å². The Labute approximate surface area is 122 Å². The molecule has 0 heterocycles. The van der Waals surface area contributed by atoms with E-state index in [1.807, 2.05) is 12.1 Å². The molecule has 0 amide bonds. The van der Waals surface area contributed by atoms with E-state index in [4.69, 9.17) is 10.8 Å². The number of benzene rings is 1. The molecule has 1 aromatic carbocycles. The maximum absolute atomic E-state index is 6.09. The first kappa shape index (κ1) is 14.9. The Morgan fingerprint density at radius 1 is 1.30 bits per heavy atom. The quantitative estimate of drug-likeness (QED) is 0.512. The molecule has 0 spiro atoms. The number of hydrazone groups is 1. The molecule has 0 aliphatic heterocycles. The first-order valence-electron chi connectivity index (χ1n) is 7.80. The van der Waals surface area contributed by atoms with Gasteiger partial charge in [-0.25, -0.2) is 0 Å². The largest absolute Gasteiger partial charge is 0.398 e. The highest BCUT2D eigenvalue weighted by molar-refractivity contribution is 6.03. The molecule has 3 heteroatoms. The van der Waals surface area contributed by atoms with E-state index in [0.29, 0.717) is 6.04 Å². The van der Waals surface area contributed by atoms with Crippen molar-refractivity contribution in [2.75, 3.05) is 12.3 Å². The van der Waals surface area contributed by atoms with Gasteiger partial charge in [-0.1, -0.05) is 30.9 Å². The predicted octanol–water partition coefficient (Wildman–Crippen LogP) is 3.96. The van der Waals surface area contributed by atoms with Gasteiger partial charge in [-0.05, 0) is 45.7 Å². The second-order valence-electron chi connectivity index (χ2n) is 5.82. The number of hydrogen-bond donors (Lipinski definition) is 1. The zero-order valence-corrected chi connectivity index (χ0v) is 13.0. The van der Waals surface area contributed by atoms with E-state index in [2.05, 4.69) is 31.8 Å². The zero-order chi connectivity index (χ0) is 14.5. The Bertz CT molecular complexity index is 473. The summed E-state index contributed by atoms with van der Waals surface area (Å²) in [5, 5.41) is 7.12. The van der Waals surface area contributed by atoms with Crippen molar-refractivity contribution in [1.29, 1.82) is 0 Å². The number of rotatable bonds is 4. The Kier molecular flexibility index (Phi) is 5.05. The maximum Gasteiger partial charge on any atom is 0.0667 e. The van der Waals surface area contributed by atoms with Crippen molar-refractivity contribution in [2.45, 2.75) is 58.9 Å². The van der Waals surface area contributed by atoms with Gasteiger partial charge in [0.25, 0.3) is 0 Å². The van der Waals surface area contributed by atoms with Gasteiger partial charge < -0.3 is 5.73 Å². The normalized spacial score (nSPS) is 17.2.